The highest BCUT2D eigenvalue weighted by molar-refractivity contribution is 7.90. The molecule has 0 saturated carbocycles. The van der Waals surface area contributed by atoms with Gasteiger partial charge in [-0.1, -0.05) is 0 Å². The molecule has 1 saturated heterocycles. The van der Waals surface area contributed by atoms with Gasteiger partial charge in [-0.25, -0.2) is 22.9 Å². The molecule has 1 aromatic carbocycles. The van der Waals surface area contributed by atoms with Gasteiger partial charge in [0.1, 0.15) is 22.6 Å². The number of amides is 1. The fraction of sp³-hybridized carbons (Fsp3) is 0.478. The lowest BCUT2D eigenvalue weighted by atomic mass is 10.1. The van der Waals surface area contributed by atoms with Crippen molar-refractivity contribution in [3.8, 4) is 11.6 Å². The summed E-state index contributed by atoms with van der Waals surface area (Å²) >= 11 is 0. The van der Waals surface area contributed by atoms with E-state index in [4.69, 9.17) is 9.47 Å². The third kappa shape index (κ3) is 5.30. The molecular formula is C23H29N5O5S. The van der Waals surface area contributed by atoms with Gasteiger partial charge in [-0.2, -0.15) is 10.1 Å². The number of likely N-dealkylation sites (tertiary alicyclic amines) is 1. The minimum absolute atomic E-state index is 0.0763. The van der Waals surface area contributed by atoms with Gasteiger partial charge in [-0.3, -0.25) is 0 Å². The number of ether oxygens (including phenoxy) is 2. The van der Waals surface area contributed by atoms with Crippen LogP contribution in [0.15, 0.2) is 35.4 Å². The summed E-state index contributed by atoms with van der Waals surface area (Å²) in [5.74, 6) is 1.35. The van der Waals surface area contributed by atoms with Crippen molar-refractivity contribution in [1.82, 2.24) is 24.6 Å². The summed E-state index contributed by atoms with van der Waals surface area (Å²) in [6.45, 7) is 8.49. The summed E-state index contributed by atoms with van der Waals surface area (Å²) in [7, 11) is -3.29. The van der Waals surface area contributed by atoms with E-state index < -0.39 is 15.4 Å². The molecule has 10 nitrogen and oxygen atoms in total. The third-order valence-corrected chi connectivity index (χ3v) is 6.59. The van der Waals surface area contributed by atoms with Crippen molar-refractivity contribution in [3.05, 3.63) is 36.3 Å². The van der Waals surface area contributed by atoms with Crippen molar-refractivity contribution < 1.29 is 22.7 Å². The molecule has 0 atom stereocenters. The highest BCUT2D eigenvalue weighted by Crippen LogP contribution is 2.32. The van der Waals surface area contributed by atoms with Crippen LogP contribution in [-0.4, -0.2) is 64.1 Å². The smallest absolute Gasteiger partial charge is 0.410 e. The minimum Gasteiger partial charge on any atom is -0.444 e. The average molecular weight is 488 g/mol. The SMILES string of the molecule is Cc1nc(Oc2ccc(S(C)(=O)=O)cc2)c2cnn(C3CCN(C(=O)OC(C)(C)C)CC3)c2n1. The van der Waals surface area contributed by atoms with Crippen molar-refractivity contribution in [1.29, 1.82) is 0 Å². The second-order valence-electron chi connectivity index (χ2n) is 9.45. The van der Waals surface area contributed by atoms with Crippen LogP contribution < -0.4 is 4.74 Å². The highest BCUT2D eigenvalue weighted by atomic mass is 32.2. The van der Waals surface area contributed by atoms with Crippen LogP contribution in [0.3, 0.4) is 0 Å². The monoisotopic (exact) mass is 487 g/mol. The second-order valence-corrected chi connectivity index (χ2v) is 11.5. The van der Waals surface area contributed by atoms with Crippen LogP contribution in [0.4, 0.5) is 4.79 Å². The minimum atomic E-state index is -3.29. The Hall–Kier alpha value is -3.21. The lowest BCUT2D eigenvalue weighted by Crippen LogP contribution is -2.42. The Bertz CT molecular complexity index is 1300. The van der Waals surface area contributed by atoms with Crippen LogP contribution in [0.2, 0.25) is 0 Å². The fourth-order valence-electron chi connectivity index (χ4n) is 3.83. The van der Waals surface area contributed by atoms with Gasteiger partial charge in [0.25, 0.3) is 0 Å². The molecule has 3 heterocycles. The van der Waals surface area contributed by atoms with Gasteiger partial charge >= 0.3 is 6.09 Å². The molecule has 1 aliphatic heterocycles. The molecule has 3 aromatic rings. The number of rotatable bonds is 4. The lowest BCUT2D eigenvalue weighted by Gasteiger charge is -2.33. The molecular weight excluding hydrogens is 458 g/mol. The molecule has 0 N–H and O–H groups in total. The summed E-state index contributed by atoms with van der Waals surface area (Å²) < 4.78 is 36.7. The van der Waals surface area contributed by atoms with Crippen LogP contribution in [0.5, 0.6) is 11.6 Å². The van der Waals surface area contributed by atoms with Gasteiger partial charge in [0.2, 0.25) is 5.88 Å². The number of fused-ring (bicyclic) bond motifs is 1. The fourth-order valence-corrected chi connectivity index (χ4v) is 4.47. The number of aryl methyl sites for hydroxylation is 1. The quantitative estimate of drug-likeness (QED) is 0.544. The van der Waals surface area contributed by atoms with E-state index >= 15 is 0 Å². The molecule has 1 aliphatic rings. The van der Waals surface area contributed by atoms with Gasteiger partial charge in [-0.05, 0) is 64.8 Å². The number of hydrogen-bond acceptors (Lipinski definition) is 8. The summed E-state index contributed by atoms with van der Waals surface area (Å²) in [5, 5.41) is 5.22. The van der Waals surface area contributed by atoms with E-state index in [1.165, 1.54) is 12.1 Å². The Labute approximate surface area is 198 Å². The van der Waals surface area contributed by atoms with Gasteiger partial charge < -0.3 is 14.4 Å². The Morgan fingerprint density at radius 1 is 1.09 bits per heavy atom. The van der Waals surface area contributed by atoms with Crippen LogP contribution in [0, 0.1) is 6.92 Å². The molecule has 0 spiro atoms. The number of nitrogens with zero attached hydrogens (tertiary/aromatic N) is 5. The first-order valence-corrected chi connectivity index (χ1v) is 13.0. The number of carbonyl (C=O) groups is 1. The zero-order valence-electron chi connectivity index (χ0n) is 20.0. The molecule has 4 rings (SSSR count). The Morgan fingerprint density at radius 2 is 1.74 bits per heavy atom. The van der Waals surface area contributed by atoms with Crippen molar-refractivity contribution >= 4 is 27.0 Å². The van der Waals surface area contributed by atoms with E-state index in [2.05, 4.69) is 15.1 Å². The molecule has 1 amide bonds. The first-order chi connectivity index (χ1) is 15.9. The number of hydrogen-bond donors (Lipinski definition) is 0. The Morgan fingerprint density at radius 3 is 2.32 bits per heavy atom. The summed E-state index contributed by atoms with van der Waals surface area (Å²) in [6.07, 6.45) is 3.98. The van der Waals surface area contributed by atoms with Crippen molar-refractivity contribution in [2.75, 3.05) is 19.3 Å². The van der Waals surface area contributed by atoms with E-state index in [1.807, 2.05) is 25.5 Å². The molecule has 0 aliphatic carbocycles. The number of benzene rings is 1. The maximum absolute atomic E-state index is 12.4. The Kier molecular flexibility index (Phi) is 6.24. The van der Waals surface area contributed by atoms with E-state index in [9.17, 15) is 13.2 Å². The second kappa shape index (κ2) is 8.86. The molecule has 0 bridgehead atoms. The van der Waals surface area contributed by atoms with E-state index in [0.29, 0.717) is 41.6 Å². The number of piperidine rings is 1. The van der Waals surface area contributed by atoms with E-state index in [1.54, 1.807) is 30.2 Å². The van der Waals surface area contributed by atoms with Crippen molar-refractivity contribution in [2.24, 2.45) is 0 Å². The van der Waals surface area contributed by atoms with Crippen molar-refractivity contribution in [3.63, 3.8) is 0 Å². The molecule has 34 heavy (non-hydrogen) atoms. The highest BCUT2D eigenvalue weighted by Gasteiger charge is 2.29. The van der Waals surface area contributed by atoms with Crippen LogP contribution in [-0.2, 0) is 14.6 Å². The predicted molar refractivity (Wildman–Crippen MR) is 126 cm³/mol. The topological polar surface area (TPSA) is 117 Å². The maximum atomic E-state index is 12.4. The zero-order chi connectivity index (χ0) is 24.7. The largest absolute Gasteiger partial charge is 0.444 e. The molecule has 1 fully saturated rings. The summed E-state index contributed by atoms with van der Waals surface area (Å²) in [4.78, 5) is 23.3. The zero-order valence-corrected chi connectivity index (χ0v) is 20.8. The molecule has 0 radical (unpaired) electrons. The van der Waals surface area contributed by atoms with Crippen molar-refractivity contribution in [2.45, 2.75) is 57.1 Å². The molecule has 182 valence electrons. The Balaban J connectivity index is 1.53. The lowest BCUT2D eigenvalue weighted by molar-refractivity contribution is 0.0186. The van der Waals surface area contributed by atoms with Crippen LogP contribution in [0.1, 0.15) is 45.5 Å². The first kappa shape index (κ1) is 23.9. The normalized spacial score (nSPS) is 15.5. The molecule has 11 heteroatoms. The molecule has 2 aromatic heterocycles. The average Bonchev–Trinajstić information content (AvgIpc) is 3.16. The van der Waals surface area contributed by atoms with E-state index in [-0.39, 0.29) is 17.0 Å². The van der Waals surface area contributed by atoms with Gasteiger partial charge in [0.05, 0.1) is 17.1 Å². The number of sulfone groups is 1. The van der Waals surface area contributed by atoms with Crippen LogP contribution in [0.25, 0.3) is 11.0 Å². The van der Waals surface area contributed by atoms with Crippen LogP contribution >= 0.6 is 0 Å². The van der Waals surface area contributed by atoms with E-state index in [0.717, 1.165) is 19.1 Å². The molecule has 0 unspecified atom stereocenters. The summed E-state index contributed by atoms with van der Waals surface area (Å²) in [5.41, 5.74) is 0.133. The number of carbonyl (C=O) groups excluding carboxylic acids is 1. The summed E-state index contributed by atoms with van der Waals surface area (Å²) in [6, 6.07) is 6.26. The van der Waals surface area contributed by atoms with Gasteiger partial charge in [-0.15, -0.1) is 0 Å². The maximum Gasteiger partial charge on any atom is 0.410 e. The van der Waals surface area contributed by atoms with Gasteiger partial charge in [0, 0.05) is 19.3 Å². The standard InChI is InChI=1S/C23H29N5O5S/c1-15-25-20-19(21(26-15)32-17-6-8-18(9-7-17)34(5,30)31)14-24-28(20)16-10-12-27(13-11-16)22(29)33-23(2,3)4/h6-9,14,16H,10-13H2,1-5H3. The predicted octanol–water partition coefficient (Wildman–Crippen LogP) is 3.90. The number of aromatic nitrogens is 4. The third-order valence-electron chi connectivity index (χ3n) is 5.46. The first-order valence-electron chi connectivity index (χ1n) is 11.1. The van der Waals surface area contributed by atoms with Gasteiger partial charge in [0.15, 0.2) is 15.5 Å².